The average molecular weight is 179 g/mol. The second kappa shape index (κ2) is 3.43. The lowest BCUT2D eigenvalue weighted by Crippen LogP contribution is -2.37. The van der Waals surface area contributed by atoms with Crippen LogP contribution in [0.1, 0.15) is 11.6 Å². The van der Waals surface area contributed by atoms with Crippen molar-refractivity contribution in [3.8, 4) is 0 Å². The molecule has 1 aromatic rings. The molecule has 13 heavy (non-hydrogen) atoms. The zero-order chi connectivity index (χ0) is 9.26. The van der Waals surface area contributed by atoms with Crippen LogP contribution < -0.4 is 16.6 Å². The Morgan fingerprint density at radius 3 is 2.38 bits per heavy atom. The monoisotopic (exact) mass is 179 g/mol. The number of hydrazine groups is 1. The minimum absolute atomic E-state index is 0.0174. The maximum atomic E-state index is 9.33. The lowest BCUT2D eigenvalue weighted by Gasteiger charge is -2.15. The Balaban J connectivity index is 2.19. The van der Waals surface area contributed by atoms with Gasteiger partial charge < -0.3 is 10.8 Å². The molecular weight excluding hydrogens is 166 g/mol. The van der Waals surface area contributed by atoms with Gasteiger partial charge in [0, 0.05) is 0 Å². The predicted octanol–water partition coefficient (Wildman–Crippen LogP) is -0.519. The fourth-order valence-corrected chi connectivity index (χ4v) is 1.52. The number of rotatable bonds is 1. The first kappa shape index (κ1) is 8.65. The maximum absolute atomic E-state index is 9.33. The largest absolute Gasteiger partial charge is 0.376 e. The number of nitrogens with two attached hydrogens (primary N) is 1. The Bertz CT molecular complexity index is 277. The third-order valence-electron chi connectivity index (χ3n) is 2.29. The molecule has 0 saturated carbocycles. The zero-order valence-corrected chi connectivity index (χ0v) is 7.14. The molecule has 1 saturated heterocycles. The van der Waals surface area contributed by atoms with Gasteiger partial charge in [0.2, 0.25) is 0 Å². The van der Waals surface area contributed by atoms with Crippen molar-refractivity contribution in [3.63, 3.8) is 0 Å². The van der Waals surface area contributed by atoms with Crippen LogP contribution in [0, 0.1) is 0 Å². The summed E-state index contributed by atoms with van der Waals surface area (Å²) in [6.45, 7) is 0. The molecule has 5 N–H and O–H groups in total. The van der Waals surface area contributed by atoms with Gasteiger partial charge in [0.1, 0.15) is 6.23 Å². The van der Waals surface area contributed by atoms with E-state index in [9.17, 15) is 5.11 Å². The van der Waals surface area contributed by atoms with E-state index in [4.69, 9.17) is 5.73 Å². The van der Waals surface area contributed by atoms with Crippen LogP contribution in [0.3, 0.4) is 0 Å². The van der Waals surface area contributed by atoms with E-state index in [2.05, 4.69) is 10.9 Å². The highest BCUT2D eigenvalue weighted by atomic mass is 16.3. The highest BCUT2D eigenvalue weighted by Gasteiger charge is 2.31. The van der Waals surface area contributed by atoms with E-state index >= 15 is 0 Å². The van der Waals surface area contributed by atoms with E-state index in [1.165, 1.54) is 0 Å². The van der Waals surface area contributed by atoms with E-state index < -0.39 is 6.23 Å². The van der Waals surface area contributed by atoms with Crippen LogP contribution in [0.25, 0.3) is 0 Å². The van der Waals surface area contributed by atoms with Gasteiger partial charge >= 0.3 is 0 Å². The lowest BCUT2D eigenvalue weighted by molar-refractivity contribution is 0.137. The molecule has 0 aromatic heterocycles. The van der Waals surface area contributed by atoms with Crippen LogP contribution in [0.5, 0.6) is 0 Å². The zero-order valence-electron chi connectivity index (χ0n) is 7.14. The third-order valence-corrected chi connectivity index (χ3v) is 2.29. The predicted molar refractivity (Wildman–Crippen MR) is 49.4 cm³/mol. The van der Waals surface area contributed by atoms with Crippen molar-refractivity contribution in [2.24, 2.45) is 5.73 Å². The highest BCUT2D eigenvalue weighted by Crippen LogP contribution is 2.19. The van der Waals surface area contributed by atoms with Crippen molar-refractivity contribution in [1.82, 2.24) is 10.9 Å². The van der Waals surface area contributed by atoms with Crippen LogP contribution in [-0.2, 0) is 0 Å². The van der Waals surface area contributed by atoms with E-state index in [-0.39, 0.29) is 12.1 Å². The number of hydrogen-bond donors (Lipinski definition) is 4. The molecule has 1 fully saturated rings. The fraction of sp³-hybridized carbons (Fsp3) is 0.333. The van der Waals surface area contributed by atoms with Gasteiger partial charge in [0.15, 0.2) is 0 Å². The SMILES string of the molecule is NC1C(O)NNC1c1ccccc1. The van der Waals surface area contributed by atoms with Crippen LogP contribution in [0.4, 0.5) is 0 Å². The molecule has 0 amide bonds. The molecule has 1 heterocycles. The molecule has 3 atom stereocenters. The normalized spacial score (nSPS) is 33.5. The van der Waals surface area contributed by atoms with Crippen LogP contribution in [-0.4, -0.2) is 17.4 Å². The van der Waals surface area contributed by atoms with Gasteiger partial charge in [-0.05, 0) is 5.56 Å². The summed E-state index contributed by atoms with van der Waals surface area (Å²) >= 11 is 0. The van der Waals surface area contributed by atoms with Gasteiger partial charge in [-0.3, -0.25) is 0 Å². The summed E-state index contributed by atoms with van der Waals surface area (Å²) in [5, 5.41) is 9.33. The maximum Gasteiger partial charge on any atom is 0.134 e. The molecule has 70 valence electrons. The molecule has 0 aliphatic carbocycles. The van der Waals surface area contributed by atoms with Crippen molar-refractivity contribution in [3.05, 3.63) is 35.9 Å². The van der Waals surface area contributed by atoms with Crippen molar-refractivity contribution < 1.29 is 5.11 Å². The quantitative estimate of drug-likeness (QED) is 0.468. The molecule has 4 heteroatoms. The molecule has 1 aliphatic heterocycles. The first-order valence-electron chi connectivity index (χ1n) is 4.28. The van der Waals surface area contributed by atoms with Gasteiger partial charge in [-0.15, -0.1) is 0 Å². The van der Waals surface area contributed by atoms with Gasteiger partial charge in [0.05, 0.1) is 12.1 Å². The Morgan fingerprint density at radius 1 is 1.15 bits per heavy atom. The van der Waals surface area contributed by atoms with Crippen molar-refractivity contribution in [1.29, 1.82) is 0 Å². The highest BCUT2D eigenvalue weighted by molar-refractivity contribution is 5.21. The number of aliphatic hydroxyl groups is 1. The summed E-state index contributed by atoms with van der Waals surface area (Å²) in [6.07, 6.45) is -0.676. The number of aliphatic hydroxyl groups excluding tert-OH is 1. The number of hydrogen-bond acceptors (Lipinski definition) is 4. The van der Waals surface area contributed by atoms with E-state index in [0.717, 1.165) is 5.56 Å². The van der Waals surface area contributed by atoms with E-state index in [0.29, 0.717) is 0 Å². The Morgan fingerprint density at radius 2 is 1.85 bits per heavy atom. The second-order valence-corrected chi connectivity index (χ2v) is 3.20. The van der Waals surface area contributed by atoms with Gasteiger partial charge in [-0.25, -0.2) is 10.9 Å². The van der Waals surface area contributed by atoms with Gasteiger partial charge in [0.25, 0.3) is 0 Å². The first-order chi connectivity index (χ1) is 6.29. The lowest BCUT2D eigenvalue weighted by atomic mass is 10.0. The first-order valence-corrected chi connectivity index (χ1v) is 4.28. The number of nitrogens with one attached hydrogen (secondary N) is 2. The molecule has 1 aliphatic rings. The van der Waals surface area contributed by atoms with Crippen molar-refractivity contribution in [2.75, 3.05) is 0 Å². The molecular formula is C9H13N3O. The van der Waals surface area contributed by atoms with Crippen LogP contribution in [0.15, 0.2) is 30.3 Å². The summed E-state index contributed by atoms with van der Waals surface area (Å²) in [5.41, 5.74) is 12.5. The Kier molecular flexibility index (Phi) is 2.28. The number of benzene rings is 1. The molecule has 0 radical (unpaired) electrons. The summed E-state index contributed by atoms with van der Waals surface area (Å²) < 4.78 is 0. The smallest absolute Gasteiger partial charge is 0.134 e. The molecule has 0 spiro atoms. The average Bonchev–Trinajstić information content (AvgIpc) is 2.49. The van der Waals surface area contributed by atoms with E-state index in [1.807, 2.05) is 30.3 Å². The minimum atomic E-state index is -0.676. The molecule has 4 nitrogen and oxygen atoms in total. The Hall–Kier alpha value is -0.940. The summed E-state index contributed by atoms with van der Waals surface area (Å²) in [6, 6.07) is 9.50. The van der Waals surface area contributed by atoms with Gasteiger partial charge in [-0.1, -0.05) is 30.3 Å². The molecule has 1 aromatic carbocycles. The topological polar surface area (TPSA) is 70.3 Å². The molecule has 2 rings (SSSR count). The summed E-state index contributed by atoms with van der Waals surface area (Å²) in [5.74, 6) is 0. The Labute approximate surface area is 76.7 Å². The van der Waals surface area contributed by atoms with E-state index in [1.54, 1.807) is 0 Å². The molecule has 3 unspecified atom stereocenters. The van der Waals surface area contributed by atoms with Crippen molar-refractivity contribution >= 4 is 0 Å². The van der Waals surface area contributed by atoms with Gasteiger partial charge in [-0.2, -0.15) is 0 Å². The standard InChI is InChI=1S/C9H13N3O/c10-7-8(11-12-9(7)13)6-4-2-1-3-5-6/h1-5,7-9,11-13H,10H2. The van der Waals surface area contributed by atoms with Crippen molar-refractivity contribution in [2.45, 2.75) is 18.3 Å². The third kappa shape index (κ3) is 1.57. The van der Waals surface area contributed by atoms with Crippen LogP contribution >= 0.6 is 0 Å². The second-order valence-electron chi connectivity index (χ2n) is 3.20. The summed E-state index contributed by atoms with van der Waals surface area (Å²) in [4.78, 5) is 0. The van der Waals surface area contributed by atoms with Crippen LogP contribution in [0.2, 0.25) is 0 Å². The molecule has 0 bridgehead atoms. The minimum Gasteiger partial charge on any atom is -0.376 e. The summed E-state index contributed by atoms with van der Waals surface area (Å²) in [7, 11) is 0. The fourth-order valence-electron chi connectivity index (χ4n) is 1.52.